The smallest absolute Gasteiger partial charge is 0.247 e. The lowest BCUT2D eigenvalue weighted by Crippen LogP contribution is -2.37. The molecule has 0 radical (unpaired) electrons. The third kappa shape index (κ3) is 5.59. The Morgan fingerprint density at radius 2 is 2.32 bits per heavy atom. The molecule has 1 atom stereocenters. The molecule has 1 rings (SSSR count). The van der Waals surface area contributed by atoms with Crippen LogP contribution in [0.4, 0.5) is 0 Å². The maximum Gasteiger partial charge on any atom is 0.247 e. The summed E-state index contributed by atoms with van der Waals surface area (Å²) in [6.45, 7) is 3.30. The highest BCUT2D eigenvalue weighted by atomic mass is 79.9. The first-order valence-electron chi connectivity index (χ1n) is 6.14. The molecule has 1 aromatic rings. The van der Waals surface area contributed by atoms with E-state index < -0.39 is 12.0 Å². The van der Waals surface area contributed by atoms with Crippen LogP contribution < -0.4 is 15.8 Å². The Hall–Kier alpha value is -1.11. The van der Waals surface area contributed by atoms with Gasteiger partial charge in [-0.2, -0.15) is 0 Å². The largest absolute Gasteiger partial charge is 0.493 e. The topological polar surface area (TPSA) is 84.6 Å². The van der Waals surface area contributed by atoms with E-state index in [4.69, 9.17) is 10.5 Å². The molecule has 0 bridgehead atoms. The van der Waals surface area contributed by atoms with Gasteiger partial charge in [0.2, 0.25) is 5.91 Å². The fraction of sp³-hybridized carbons (Fsp3) is 0.462. The lowest BCUT2D eigenvalue weighted by atomic mass is 10.2. The van der Waals surface area contributed by atoms with Gasteiger partial charge >= 0.3 is 0 Å². The van der Waals surface area contributed by atoms with Crippen LogP contribution in [0.5, 0.6) is 5.75 Å². The van der Waals surface area contributed by atoms with Crippen molar-refractivity contribution in [1.29, 1.82) is 0 Å². The molecule has 0 heterocycles. The molecule has 1 unspecified atom stereocenters. The van der Waals surface area contributed by atoms with E-state index in [1.807, 2.05) is 25.1 Å². The van der Waals surface area contributed by atoms with Gasteiger partial charge in [0.1, 0.15) is 11.9 Å². The van der Waals surface area contributed by atoms with Crippen LogP contribution in [0.2, 0.25) is 0 Å². The Labute approximate surface area is 121 Å². The number of nitrogens with one attached hydrogen (secondary N) is 1. The van der Waals surface area contributed by atoms with Gasteiger partial charge in [-0.3, -0.25) is 4.79 Å². The molecule has 0 spiro atoms. The van der Waals surface area contributed by atoms with E-state index in [1.54, 1.807) is 0 Å². The Morgan fingerprint density at radius 3 is 2.95 bits per heavy atom. The van der Waals surface area contributed by atoms with Crippen LogP contribution in [0.1, 0.15) is 18.9 Å². The molecule has 1 amide bonds. The average molecular weight is 331 g/mol. The van der Waals surface area contributed by atoms with Gasteiger partial charge in [-0.25, -0.2) is 0 Å². The minimum Gasteiger partial charge on any atom is -0.493 e. The Balaban J connectivity index is 2.60. The fourth-order valence-corrected chi connectivity index (χ4v) is 1.89. The van der Waals surface area contributed by atoms with Crippen molar-refractivity contribution in [2.75, 3.05) is 13.2 Å². The Kier molecular flexibility index (Phi) is 6.83. The number of nitrogens with two attached hydrogens (primary N) is 1. The fourth-order valence-electron chi connectivity index (χ4n) is 1.48. The van der Waals surface area contributed by atoms with E-state index in [0.29, 0.717) is 13.2 Å². The predicted molar refractivity (Wildman–Crippen MR) is 76.8 cm³/mol. The third-order valence-electron chi connectivity index (χ3n) is 2.47. The Bertz CT molecular complexity index is 426. The van der Waals surface area contributed by atoms with Crippen molar-refractivity contribution in [3.63, 3.8) is 0 Å². The number of rotatable bonds is 8. The van der Waals surface area contributed by atoms with Gasteiger partial charge in [0.25, 0.3) is 0 Å². The molecule has 1 aromatic carbocycles. The van der Waals surface area contributed by atoms with Gasteiger partial charge in [0, 0.05) is 23.1 Å². The number of benzene rings is 1. The monoisotopic (exact) mass is 330 g/mol. The van der Waals surface area contributed by atoms with Crippen molar-refractivity contribution in [2.45, 2.75) is 26.0 Å². The molecule has 0 saturated heterocycles. The number of primary amides is 1. The minimum absolute atomic E-state index is 0.120. The van der Waals surface area contributed by atoms with Crippen LogP contribution in [0.15, 0.2) is 22.7 Å². The number of hydrogen-bond donors (Lipinski definition) is 3. The van der Waals surface area contributed by atoms with E-state index in [2.05, 4.69) is 21.2 Å². The lowest BCUT2D eigenvalue weighted by molar-refractivity contribution is -0.125. The van der Waals surface area contributed by atoms with Gasteiger partial charge < -0.3 is 20.9 Å². The molecular formula is C13H19BrN2O3. The predicted octanol–water partition coefficient (Wildman–Crippen LogP) is 1.17. The molecule has 4 N–H and O–H groups in total. The van der Waals surface area contributed by atoms with Crippen molar-refractivity contribution in [1.82, 2.24) is 5.32 Å². The molecule has 0 saturated carbocycles. The van der Waals surface area contributed by atoms with Crippen LogP contribution in [-0.2, 0) is 11.3 Å². The average Bonchev–Trinajstić information content (AvgIpc) is 2.37. The SMILES string of the molecule is CCCOc1ccc(Br)cc1CNCC(O)C(N)=O. The highest BCUT2D eigenvalue weighted by Gasteiger charge is 2.10. The Morgan fingerprint density at radius 1 is 1.58 bits per heavy atom. The summed E-state index contributed by atoms with van der Waals surface area (Å²) in [5, 5.41) is 12.3. The molecular weight excluding hydrogens is 312 g/mol. The van der Waals surface area contributed by atoms with Crippen molar-refractivity contribution < 1.29 is 14.6 Å². The highest BCUT2D eigenvalue weighted by Crippen LogP contribution is 2.23. The zero-order valence-corrected chi connectivity index (χ0v) is 12.4. The van der Waals surface area contributed by atoms with Crippen LogP contribution in [-0.4, -0.2) is 30.3 Å². The van der Waals surface area contributed by atoms with Crippen LogP contribution >= 0.6 is 15.9 Å². The third-order valence-corrected chi connectivity index (χ3v) is 2.96. The summed E-state index contributed by atoms with van der Waals surface area (Å²) >= 11 is 3.40. The maximum atomic E-state index is 10.7. The van der Waals surface area contributed by atoms with Gasteiger partial charge in [0.15, 0.2) is 0 Å². The number of carbonyl (C=O) groups is 1. The summed E-state index contributed by atoms with van der Waals surface area (Å²) in [4.78, 5) is 10.7. The lowest BCUT2D eigenvalue weighted by Gasteiger charge is -2.13. The number of halogens is 1. The number of amides is 1. The van der Waals surface area contributed by atoms with Crippen molar-refractivity contribution in [3.05, 3.63) is 28.2 Å². The zero-order chi connectivity index (χ0) is 14.3. The quantitative estimate of drug-likeness (QED) is 0.668. The van der Waals surface area contributed by atoms with E-state index in [-0.39, 0.29) is 6.54 Å². The first-order valence-corrected chi connectivity index (χ1v) is 6.93. The van der Waals surface area contributed by atoms with Crippen LogP contribution in [0.3, 0.4) is 0 Å². The summed E-state index contributed by atoms with van der Waals surface area (Å²) in [6, 6.07) is 5.74. The normalized spacial score (nSPS) is 12.2. The molecule has 0 aliphatic rings. The first-order chi connectivity index (χ1) is 9.04. The standard InChI is InChI=1S/C13H19BrN2O3/c1-2-5-19-12-4-3-10(14)6-9(12)7-16-8-11(17)13(15)18/h3-4,6,11,16-17H,2,5,7-8H2,1H3,(H2,15,18). The van der Waals surface area contributed by atoms with Crippen molar-refractivity contribution >= 4 is 21.8 Å². The van der Waals surface area contributed by atoms with Crippen LogP contribution in [0, 0.1) is 0 Å². The summed E-state index contributed by atoms with van der Waals surface area (Å²) in [6.07, 6.45) is -0.240. The summed E-state index contributed by atoms with van der Waals surface area (Å²) in [7, 11) is 0. The van der Waals surface area contributed by atoms with Crippen LogP contribution in [0.25, 0.3) is 0 Å². The number of hydrogen-bond acceptors (Lipinski definition) is 4. The summed E-state index contributed by atoms with van der Waals surface area (Å²) < 4.78 is 6.58. The van der Waals surface area contributed by atoms with E-state index in [9.17, 15) is 9.90 Å². The molecule has 106 valence electrons. The van der Waals surface area contributed by atoms with Gasteiger partial charge in [-0.15, -0.1) is 0 Å². The van der Waals surface area contributed by atoms with Crippen molar-refractivity contribution in [3.8, 4) is 5.75 Å². The van der Waals surface area contributed by atoms with Gasteiger partial charge in [-0.05, 0) is 24.6 Å². The molecule has 5 nitrogen and oxygen atoms in total. The van der Waals surface area contributed by atoms with E-state index in [1.165, 1.54) is 0 Å². The van der Waals surface area contributed by atoms with Gasteiger partial charge in [0.05, 0.1) is 6.61 Å². The van der Waals surface area contributed by atoms with Gasteiger partial charge in [-0.1, -0.05) is 22.9 Å². The number of aliphatic hydroxyl groups is 1. The second-order valence-electron chi connectivity index (χ2n) is 4.15. The minimum atomic E-state index is -1.17. The highest BCUT2D eigenvalue weighted by molar-refractivity contribution is 9.10. The molecule has 0 fully saturated rings. The maximum absolute atomic E-state index is 10.7. The number of aliphatic hydroxyl groups excluding tert-OH is 1. The summed E-state index contributed by atoms with van der Waals surface area (Å²) in [5.41, 5.74) is 5.93. The molecule has 6 heteroatoms. The van der Waals surface area contributed by atoms with E-state index in [0.717, 1.165) is 22.2 Å². The number of ether oxygens (including phenoxy) is 1. The van der Waals surface area contributed by atoms with E-state index >= 15 is 0 Å². The second-order valence-corrected chi connectivity index (χ2v) is 5.07. The zero-order valence-electron chi connectivity index (χ0n) is 10.9. The first kappa shape index (κ1) is 15.9. The number of carbonyl (C=O) groups excluding carboxylic acids is 1. The molecule has 0 aliphatic carbocycles. The van der Waals surface area contributed by atoms with Crippen molar-refractivity contribution in [2.24, 2.45) is 5.73 Å². The molecule has 19 heavy (non-hydrogen) atoms. The second kappa shape index (κ2) is 8.14. The summed E-state index contributed by atoms with van der Waals surface area (Å²) in [5.74, 6) is 0.0651. The molecule has 0 aliphatic heterocycles. The molecule has 0 aromatic heterocycles.